The summed E-state index contributed by atoms with van der Waals surface area (Å²) < 4.78 is 0. The van der Waals surface area contributed by atoms with Crippen LogP contribution in [0.3, 0.4) is 0 Å². The molecule has 2 atom stereocenters. The number of likely N-dealkylation sites (tertiary alicyclic amines) is 2. The standard InChI is InChI=1S/C22H38N2O3/c1-21(2,3)16-11-13-23(15-16)18(25)10-8-7-9-12-24-19(26)14-17(20(24)27)22(4,5)6/h16-17H,7-15H2,1-6H3. The highest BCUT2D eigenvalue weighted by Crippen LogP contribution is 2.36. The fourth-order valence-electron chi connectivity index (χ4n) is 4.17. The molecule has 2 aliphatic rings. The van der Waals surface area contributed by atoms with Crippen molar-refractivity contribution in [1.82, 2.24) is 9.80 Å². The smallest absolute Gasteiger partial charge is 0.233 e. The van der Waals surface area contributed by atoms with Crippen LogP contribution >= 0.6 is 0 Å². The van der Waals surface area contributed by atoms with Crippen LogP contribution in [0.25, 0.3) is 0 Å². The summed E-state index contributed by atoms with van der Waals surface area (Å²) in [6, 6.07) is 0. The maximum Gasteiger partial charge on any atom is 0.233 e. The van der Waals surface area contributed by atoms with E-state index in [1.165, 1.54) is 4.90 Å². The number of unbranched alkanes of at least 4 members (excludes halogenated alkanes) is 2. The van der Waals surface area contributed by atoms with E-state index in [1.54, 1.807) is 0 Å². The SMILES string of the molecule is CC(C)(C)C1CCN(C(=O)CCCCCN2C(=O)CC(C(C)(C)C)C2=O)C1. The molecule has 0 bridgehead atoms. The Morgan fingerprint density at radius 2 is 1.67 bits per heavy atom. The minimum Gasteiger partial charge on any atom is -0.342 e. The largest absolute Gasteiger partial charge is 0.342 e. The number of carbonyl (C=O) groups is 3. The average Bonchev–Trinajstić information content (AvgIpc) is 3.13. The van der Waals surface area contributed by atoms with E-state index in [9.17, 15) is 14.4 Å². The molecule has 2 saturated heterocycles. The maximum absolute atomic E-state index is 12.5. The van der Waals surface area contributed by atoms with Crippen molar-refractivity contribution in [2.45, 2.75) is 80.1 Å². The van der Waals surface area contributed by atoms with Gasteiger partial charge in [-0.15, -0.1) is 0 Å². The molecule has 2 unspecified atom stereocenters. The van der Waals surface area contributed by atoms with Gasteiger partial charge in [-0.1, -0.05) is 48.0 Å². The van der Waals surface area contributed by atoms with Gasteiger partial charge in [-0.05, 0) is 36.0 Å². The highest BCUT2D eigenvalue weighted by molar-refractivity contribution is 6.03. The van der Waals surface area contributed by atoms with Crippen molar-refractivity contribution >= 4 is 17.7 Å². The molecular formula is C22H38N2O3. The van der Waals surface area contributed by atoms with Crippen LogP contribution in [-0.4, -0.2) is 47.2 Å². The Labute approximate surface area is 164 Å². The van der Waals surface area contributed by atoms with E-state index in [2.05, 4.69) is 20.8 Å². The van der Waals surface area contributed by atoms with Crippen LogP contribution in [0, 0.1) is 22.7 Å². The summed E-state index contributed by atoms with van der Waals surface area (Å²) in [6.45, 7) is 15.0. The summed E-state index contributed by atoms with van der Waals surface area (Å²) in [5.41, 5.74) is 0.0866. The molecule has 2 heterocycles. The minimum absolute atomic E-state index is 0.0196. The molecule has 3 amide bonds. The van der Waals surface area contributed by atoms with Gasteiger partial charge in [-0.3, -0.25) is 19.3 Å². The Hall–Kier alpha value is -1.39. The van der Waals surface area contributed by atoms with E-state index in [-0.39, 0.29) is 34.5 Å². The Bertz CT molecular complexity index is 571. The van der Waals surface area contributed by atoms with Crippen molar-refractivity contribution in [3.63, 3.8) is 0 Å². The van der Waals surface area contributed by atoms with E-state index in [1.807, 2.05) is 25.7 Å². The molecule has 0 aromatic rings. The van der Waals surface area contributed by atoms with Gasteiger partial charge in [-0.25, -0.2) is 0 Å². The fraction of sp³-hybridized carbons (Fsp3) is 0.864. The fourth-order valence-corrected chi connectivity index (χ4v) is 4.17. The molecule has 0 radical (unpaired) electrons. The Balaban J connectivity index is 1.67. The van der Waals surface area contributed by atoms with Gasteiger partial charge in [0.1, 0.15) is 0 Å². The topological polar surface area (TPSA) is 57.7 Å². The Morgan fingerprint density at radius 1 is 1.00 bits per heavy atom. The molecule has 2 fully saturated rings. The lowest BCUT2D eigenvalue weighted by Crippen LogP contribution is -2.34. The molecule has 2 aliphatic heterocycles. The molecule has 5 nitrogen and oxygen atoms in total. The first-order valence-corrected chi connectivity index (χ1v) is 10.5. The number of rotatable bonds is 6. The number of hydrogen-bond acceptors (Lipinski definition) is 3. The monoisotopic (exact) mass is 378 g/mol. The quantitative estimate of drug-likeness (QED) is 0.521. The lowest BCUT2D eigenvalue weighted by Gasteiger charge is -2.27. The van der Waals surface area contributed by atoms with Crippen LogP contribution in [-0.2, 0) is 14.4 Å². The first-order chi connectivity index (χ1) is 12.4. The lowest BCUT2D eigenvalue weighted by atomic mass is 9.80. The van der Waals surface area contributed by atoms with Crippen LogP contribution in [0.15, 0.2) is 0 Å². The highest BCUT2D eigenvalue weighted by atomic mass is 16.2. The summed E-state index contributed by atoms with van der Waals surface area (Å²) in [7, 11) is 0. The summed E-state index contributed by atoms with van der Waals surface area (Å²) >= 11 is 0. The summed E-state index contributed by atoms with van der Waals surface area (Å²) in [6.07, 6.45) is 4.50. The summed E-state index contributed by atoms with van der Waals surface area (Å²) in [4.78, 5) is 40.5. The van der Waals surface area contributed by atoms with Gasteiger partial charge in [0, 0.05) is 32.5 Å². The van der Waals surface area contributed by atoms with Crippen LogP contribution in [0.5, 0.6) is 0 Å². The molecule has 27 heavy (non-hydrogen) atoms. The van der Waals surface area contributed by atoms with Gasteiger partial charge in [0.2, 0.25) is 17.7 Å². The van der Waals surface area contributed by atoms with Gasteiger partial charge in [0.25, 0.3) is 0 Å². The second-order valence-corrected chi connectivity index (χ2v) is 10.5. The zero-order valence-electron chi connectivity index (χ0n) is 18.1. The Morgan fingerprint density at radius 3 is 2.19 bits per heavy atom. The molecule has 154 valence electrons. The normalized spacial score (nSPS) is 24.2. The first kappa shape index (κ1) is 21.9. The molecule has 0 aromatic carbocycles. The van der Waals surface area contributed by atoms with Crippen molar-refractivity contribution in [3.8, 4) is 0 Å². The van der Waals surface area contributed by atoms with Gasteiger partial charge in [0.05, 0.1) is 5.92 Å². The van der Waals surface area contributed by atoms with Crippen molar-refractivity contribution in [3.05, 3.63) is 0 Å². The number of hydrogen-bond donors (Lipinski definition) is 0. The second kappa shape index (κ2) is 8.32. The highest BCUT2D eigenvalue weighted by Gasteiger charge is 2.44. The second-order valence-electron chi connectivity index (χ2n) is 10.5. The predicted molar refractivity (Wildman–Crippen MR) is 107 cm³/mol. The Kier molecular flexibility index (Phi) is 6.75. The van der Waals surface area contributed by atoms with Gasteiger partial charge >= 0.3 is 0 Å². The maximum atomic E-state index is 12.5. The van der Waals surface area contributed by atoms with Crippen LogP contribution in [0.2, 0.25) is 0 Å². The van der Waals surface area contributed by atoms with Gasteiger partial charge in [0.15, 0.2) is 0 Å². The minimum atomic E-state index is -0.197. The van der Waals surface area contributed by atoms with Crippen molar-refractivity contribution < 1.29 is 14.4 Å². The third kappa shape index (κ3) is 5.55. The zero-order valence-corrected chi connectivity index (χ0v) is 18.1. The van der Waals surface area contributed by atoms with Crippen LogP contribution in [0.4, 0.5) is 0 Å². The van der Waals surface area contributed by atoms with Crippen LogP contribution in [0.1, 0.15) is 80.1 Å². The average molecular weight is 379 g/mol. The van der Waals surface area contributed by atoms with Gasteiger partial charge in [-0.2, -0.15) is 0 Å². The van der Waals surface area contributed by atoms with Crippen LogP contribution < -0.4 is 0 Å². The van der Waals surface area contributed by atoms with Crippen molar-refractivity contribution in [2.24, 2.45) is 22.7 Å². The van der Waals surface area contributed by atoms with E-state index >= 15 is 0 Å². The molecule has 0 N–H and O–H groups in total. The molecule has 2 rings (SSSR count). The van der Waals surface area contributed by atoms with E-state index in [0.29, 0.717) is 25.3 Å². The molecule has 0 spiro atoms. The number of nitrogens with zero attached hydrogens (tertiary/aromatic N) is 2. The molecular weight excluding hydrogens is 340 g/mol. The lowest BCUT2D eigenvalue weighted by molar-refractivity contribution is -0.140. The summed E-state index contributed by atoms with van der Waals surface area (Å²) in [5.74, 6) is 0.583. The molecule has 0 saturated carbocycles. The zero-order chi connectivity index (χ0) is 20.4. The predicted octanol–water partition coefficient (Wildman–Crippen LogP) is 3.86. The van der Waals surface area contributed by atoms with E-state index in [0.717, 1.165) is 38.8 Å². The number of imide groups is 1. The third-order valence-corrected chi connectivity index (χ3v) is 6.33. The van der Waals surface area contributed by atoms with Crippen molar-refractivity contribution in [1.29, 1.82) is 0 Å². The van der Waals surface area contributed by atoms with E-state index < -0.39 is 0 Å². The molecule has 0 aromatic heterocycles. The molecule has 0 aliphatic carbocycles. The van der Waals surface area contributed by atoms with E-state index in [4.69, 9.17) is 0 Å². The van der Waals surface area contributed by atoms with Crippen molar-refractivity contribution in [2.75, 3.05) is 19.6 Å². The number of carbonyl (C=O) groups excluding carboxylic acids is 3. The molecule has 5 heteroatoms. The third-order valence-electron chi connectivity index (χ3n) is 6.33. The first-order valence-electron chi connectivity index (χ1n) is 10.5. The summed E-state index contributed by atoms with van der Waals surface area (Å²) in [5, 5.41) is 0. The number of amides is 3. The van der Waals surface area contributed by atoms with Gasteiger partial charge < -0.3 is 4.90 Å².